The first-order valence-electron chi connectivity index (χ1n) is 2.03. The number of quaternary nitrogens is 1. The van der Waals surface area contributed by atoms with Crippen LogP contribution in [-0.4, -0.2) is 29.4 Å². The standard InChI is InChI=1S/C3H6N2O2/c6-5(7)2-1-4-3-5/h3,6H,1-2H2. The molecule has 0 aromatic heterocycles. The molecule has 40 valence electrons. The average Bonchev–Trinajstić information content (AvgIpc) is 1.84. The van der Waals surface area contributed by atoms with Crippen LogP contribution in [0.1, 0.15) is 0 Å². The Hall–Kier alpha value is -0.450. The van der Waals surface area contributed by atoms with Gasteiger partial charge in [0.05, 0.1) is 6.54 Å². The zero-order chi connectivity index (χ0) is 5.33. The smallest absolute Gasteiger partial charge is 0.218 e. The van der Waals surface area contributed by atoms with Crippen molar-refractivity contribution in [2.75, 3.05) is 13.1 Å². The summed E-state index contributed by atoms with van der Waals surface area (Å²) in [6.07, 6.45) is 0.986. The zero-order valence-electron chi connectivity index (χ0n) is 3.74. The monoisotopic (exact) mass is 102 g/mol. The highest BCUT2D eigenvalue weighted by molar-refractivity contribution is 5.47. The van der Waals surface area contributed by atoms with Crippen LogP contribution in [-0.2, 0) is 0 Å². The molecule has 0 bridgehead atoms. The zero-order valence-corrected chi connectivity index (χ0v) is 3.74. The molecule has 1 unspecified atom stereocenters. The Kier molecular flexibility index (Phi) is 0.846. The third-order valence-corrected chi connectivity index (χ3v) is 0.812. The van der Waals surface area contributed by atoms with Crippen LogP contribution >= 0.6 is 0 Å². The topological polar surface area (TPSA) is 55.6 Å². The molecule has 7 heavy (non-hydrogen) atoms. The Morgan fingerprint density at radius 3 is 2.71 bits per heavy atom. The molecule has 0 aliphatic carbocycles. The van der Waals surface area contributed by atoms with E-state index in [1.165, 1.54) is 0 Å². The van der Waals surface area contributed by atoms with Gasteiger partial charge in [0.2, 0.25) is 6.34 Å². The minimum absolute atomic E-state index is 0.167. The summed E-state index contributed by atoms with van der Waals surface area (Å²) in [6, 6.07) is 0. The largest absolute Gasteiger partial charge is 0.592 e. The molecule has 1 aliphatic heterocycles. The SMILES string of the molecule is [O-][N+]1(O)C=NCC1. The predicted octanol–water partition coefficient (Wildman–Crippen LogP) is -0.268. The molecule has 0 aromatic rings. The molecule has 1 aliphatic rings. The highest BCUT2D eigenvalue weighted by atomic mass is 16.8. The third kappa shape index (κ3) is 0.957. The highest BCUT2D eigenvalue weighted by Gasteiger charge is 2.14. The summed E-state index contributed by atoms with van der Waals surface area (Å²) in [5.74, 6) is 0. The van der Waals surface area contributed by atoms with Crippen LogP contribution in [0.25, 0.3) is 0 Å². The minimum Gasteiger partial charge on any atom is -0.592 e. The van der Waals surface area contributed by atoms with Gasteiger partial charge in [-0.3, -0.25) is 0 Å². The van der Waals surface area contributed by atoms with Crippen molar-refractivity contribution in [1.29, 1.82) is 0 Å². The van der Waals surface area contributed by atoms with Gasteiger partial charge >= 0.3 is 0 Å². The number of aliphatic imine (C=N–C) groups is 1. The number of hydrogen-bond acceptors (Lipinski definition) is 3. The van der Waals surface area contributed by atoms with E-state index in [1.54, 1.807) is 0 Å². The molecule has 0 radical (unpaired) electrons. The normalized spacial score (nSPS) is 39.7. The molecule has 0 amide bonds. The first-order chi connectivity index (χ1) is 3.21. The van der Waals surface area contributed by atoms with E-state index in [2.05, 4.69) is 4.99 Å². The molecule has 1 heterocycles. The minimum atomic E-state index is -1.29. The molecule has 1 rings (SSSR count). The maximum Gasteiger partial charge on any atom is 0.218 e. The molecule has 4 heteroatoms. The van der Waals surface area contributed by atoms with Crippen LogP contribution in [0.5, 0.6) is 0 Å². The van der Waals surface area contributed by atoms with Crippen molar-refractivity contribution in [3.05, 3.63) is 5.21 Å². The van der Waals surface area contributed by atoms with Gasteiger partial charge in [0, 0.05) is 0 Å². The lowest BCUT2D eigenvalue weighted by atomic mass is 10.7. The van der Waals surface area contributed by atoms with Crippen molar-refractivity contribution < 1.29 is 10.0 Å². The lowest BCUT2D eigenvalue weighted by Crippen LogP contribution is -2.34. The van der Waals surface area contributed by atoms with Gasteiger partial charge in [-0.1, -0.05) is 0 Å². The second-order valence-corrected chi connectivity index (χ2v) is 1.50. The Balaban J connectivity index is 2.57. The fourth-order valence-electron chi connectivity index (χ4n) is 0.444. The summed E-state index contributed by atoms with van der Waals surface area (Å²) < 4.78 is 0. The van der Waals surface area contributed by atoms with Crippen LogP contribution in [0.15, 0.2) is 4.99 Å². The van der Waals surface area contributed by atoms with Crippen LogP contribution in [0, 0.1) is 5.21 Å². The second-order valence-electron chi connectivity index (χ2n) is 1.50. The van der Waals surface area contributed by atoms with E-state index in [1.807, 2.05) is 0 Å². The molecule has 0 saturated heterocycles. The van der Waals surface area contributed by atoms with E-state index in [-0.39, 0.29) is 6.54 Å². The quantitative estimate of drug-likeness (QED) is 0.338. The van der Waals surface area contributed by atoms with Crippen LogP contribution < -0.4 is 0 Å². The molecular formula is C3H6N2O2. The van der Waals surface area contributed by atoms with Crippen molar-refractivity contribution >= 4 is 6.34 Å². The number of nitrogens with zero attached hydrogens (tertiary/aromatic N) is 2. The van der Waals surface area contributed by atoms with Crippen molar-refractivity contribution in [3.8, 4) is 0 Å². The third-order valence-electron chi connectivity index (χ3n) is 0.812. The summed E-state index contributed by atoms with van der Waals surface area (Å²) in [5, 5.41) is 18.7. The lowest BCUT2D eigenvalue weighted by Gasteiger charge is -2.22. The first kappa shape index (κ1) is 4.70. The van der Waals surface area contributed by atoms with Crippen molar-refractivity contribution in [3.63, 3.8) is 0 Å². The van der Waals surface area contributed by atoms with Crippen molar-refractivity contribution in [2.24, 2.45) is 4.99 Å². The Morgan fingerprint density at radius 2 is 2.57 bits per heavy atom. The lowest BCUT2D eigenvalue weighted by molar-refractivity contribution is -0.979. The van der Waals surface area contributed by atoms with Gasteiger partial charge in [-0.25, -0.2) is 10.2 Å². The average molecular weight is 102 g/mol. The predicted molar refractivity (Wildman–Crippen MR) is 23.6 cm³/mol. The van der Waals surface area contributed by atoms with Crippen LogP contribution in [0.2, 0.25) is 0 Å². The van der Waals surface area contributed by atoms with Gasteiger partial charge in [0.15, 0.2) is 0 Å². The highest BCUT2D eigenvalue weighted by Crippen LogP contribution is 1.98. The Bertz CT molecular complexity index is 99.1. The summed E-state index contributed by atoms with van der Waals surface area (Å²) in [7, 11) is 0. The molecule has 1 atom stereocenters. The summed E-state index contributed by atoms with van der Waals surface area (Å²) in [4.78, 5) is 2.23. The molecular weight excluding hydrogens is 96.0 g/mol. The summed E-state index contributed by atoms with van der Waals surface area (Å²) in [5.41, 5.74) is 0. The van der Waals surface area contributed by atoms with E-state index in [4.69, 9.17) is 5.21 Å². The van der Waals surface area contributed by atoms with E-state index in [0.717, 1.165) is 6.34 Å². The van der Waals surface area contributed by atoms with Crippen LogP contribution in [0.3, 0.4) is 0 Å². The molecule has 0 fully saturated rings. The molecule has 0 spiro atoms. The second kappa shape index (κ2) is 1.26. The van der Waals surface area contributed by atoms with E-state index in [0.29, 0.717) is 6.54 Å². The molecule has 0 saturated carbocycles. The van der Waals surface area contributed by atoms with Gasteiger partial charge in [-0.05, 0) is 0 Å². The van der Waals surface area contributed by atoms with E-state index in [9.17, 15) is 5.21 Å². The summed E-state index contributed by atoms with van der Waals surface area (Å²) >= 11 is 0. The van der Waals surface area contributed by atoms with E-state index >= 15 is 0 Å². The number of hydroxylamine groups is 4. The number of hydrogen-bond donors (Lipinski definition) is 1. The molecule has 0 aromatic carbocycles. The number of rotatable bonds is 0. The first-order valence-corrected chi connectivity index (χ1v) is 2.03. The fourth-order valence-corrected chi connectivity index (χ4v) is 0.444. The fraction of sp³-hybridized carbons (Fsp3) is 0.667. The Morgan fingerprint density at radius 1 is 1.86 bits per heavy atom. The van der Waals surface area contributed by atoms with Gasteiger partial charge in [-0.15, -0.1) is 0 Å². The molecule has 1 N–H and O–H groups in total. The molecule has 4 nitrogen and oxygen atoms in total. The van der Waals surface area contributed by atoms with E-state index < -0.39 is 4.81 Å². The maximum absolute atomic E-state index is 10.2. The van der Waals surface area contributed by atoms with Crippen molar-refractivity contribution in [2.45, 2.75) is 0 Å². The Labute approximate surface area is 40.8 Å². The van der Waals surface area contributed by atoms with Gasteiger partial charge in [0.25, 0.3) is 0 Å². The maximum atomic E-state index is 10.2. The summed E-state index contributed by atoms with van der Waals surface area (Å²) in [6.45, 7) is 0.611. The van der Waals surface area contributed by atoms with Crippen LogP contribution in [0.4, 0.5) is 0 Å². The van der Waals surface area contributed by atoms with Gasteiger partial charge in [-0.2, -0.15) is 4.81 Å². The van der Waals surface area contributed by atoms with Gasteiger partial charge in [0.1, 0.15) is 6.54 Å². The van der Waals surface area contributed by atoms with Crippen molar-refractivity contribution in [1.82, 2.24) is 0 Å². The van der Waals surface area contributed by atoms with Gasteiger partial charge < -0.3 is 5.21 Å².